The van der Waals surface area contributed by atoms with Crippen LogP contribution in [0, 0.1) is 34.0 Å². The SMILES string of the molecule is COC(=O)[C@H](OC(C)=O)[C@H]1C(C)(C)[C@@H]2[C@@H](O)[C@@]34O[C@]2(O)C(=O)[C@]1(C)[C@H]3CC[C@]1(C)C4=CC(=O)O[C@H]1c1ccoc1. The summed E-state index contributed by atoms with van der Waals surface area (Å²) in [4.78, 5) is 52.7. The molecule has 1 aromatic heterocycles. The van der Waals surface area contributed by atoms with Gasteiger partial charge in [-0.1, -0.05) is 27.7 Å². The van der Waals surface area contributed by atoms with E-state index in [2.05, 4.69) is 0 Å². The van der Waals surface area contributed by atoms with E-state index in [1.165, 1.54) is 18.6 Å². The maximum Gasteiger partial charge on any atom is 0.347 e. The number of fused-ring (bicyclic) bond motifs is 3. The maximum absolute atomic E-state index is 14.3. The highest BCUT2D eigenvalue weighted by Gasteiger charge is 2.88. The predicted molar refractivity (Wildman–Crippen MR) is 133 cm³/mol. The van der Waals surface area contributed by atoms with E-state index >= 15 is 0 Å². The summed E-state index contributed by atoms with van der Waals surface area (Å²) < 4.78 is 28.0. The van der Waals surface area contributed by atoms with Gasteiger partial charge in [-0.2, -0.15) is 0 Å². The molecule has 2 saturated heterocycles. The highest BCUT2D eigenvalue weighted by molar-refractivity contribution is 5.97. The Morgan fingerprint density at radius 2 is 1.88 bits per heavy atom. The van der Waals surface area contributed by atoms with Gasteiger partial charge in [0.05, 0.1) is 31.7 Å². The van der Waals surface area contributed by atoms with Crippen LogP contribution in [0.25, 0.3) is 0 Å². The third kappa shape index (κ3) is 2.90. The molecule has 1 aromatic rings. The summed E-state index contributed by atoms with van der Waals surface area (Å²) >= 11 is 0. The number of carbonyl (C=O) groups is 4. The highest BCUT2D eigenvalue weighted by atomic mass is 16.7. The zero-order chi connectivity index (χ0) is 29.2. The summed E-state index contributed by atoms with van der Waals surface area (Å²) in [5, 5.41) is 24.3. The second-order valence-electron chi connectivity index (χ2n) is 12.9. The number of aliphatic hydroxyl groups is 2. The Bertz CT molecular complexity index is 1350. The van der Waals surface area contributed by atoms with Crippen molar-refractivity contribution in [2.24, 2.45) is 34.0 Å². The molecular formula is C29H34O11. The van der Waals surface area contributed by atoms with E-state index < -0.39 is 87.4 Å². The van der Waals surface area contributed by atoms with Gasteiger partial charge in [0.1, 0.15) is 11.7 Å². The lowest BCUT2D eigenvalue weighted by molar-refractivity contribution is -0.318. The first-order valence-electron chi connectivity index (χ1n) is 13.5. The van der Waals surface area contributed by atoms with Crippen molar-refractivity contribution in [3.63, 3.8) is 0 Å². The van der Waals surface area contributed by atoms with Crippen molar-refractivity contribution < 1.29 is 52.8 Å². The predicted octanol–water partition coefficient (Wildman–Crippen LogP) is 2.00. The van der Waals surface area contributed by atoms with Crippen LogP contribution in [0.5, 0.6) is 0 Å². The van der Waals surface area contributed by atoms with Crippen molar-refractivity contribution in [1.29, 1.82) is 0 Å². The monoisotopic (exact) mass is 558 g/mol. The van der Waals surface area contributed by atoms with Gasteiger partial charge in [-0.05, 0) is 29.9 Å². The van der Waals surface area contributed by atoms with Crippen LogP contribution in [0.4, 0.5) is 0 Å². The Labute approximate surface area is 230 Å². The molecule has 0 radical (unpaired) electrons. The number of ketones is 1. The molecule has 10 atom stereocenters. The third-order valence-corrected chi connectivity index (χ3v) is 10.7. The van der Waals surface area contributed by atoms with Crippen molar-refractivity contribution >= 4 is 23.7 Å². The van der Waals surface area contributed by atoms with Gasteiger partial charge in [0, 0.05) is 41.2 Å². The Morgan fingerprint density at radius 1 is 1.18 bits per heavy atom. The van der Waals surface area contributed by atoms with E-state index in [4.69, 9.17) is 23.4 Å². The first-order valence-corrected chi connectivity index (χ1v) is 13.5. The topological polar surface area (TPSA) is 159 Å². The standard InChI is InChI=1S/C29H34O11/c1-13(30)38-18(23(33)36-6)19-25(2,3)20-21(32)28-15(27(19,5)24(34)29(20,35)40-28)7-9-26(4)16(28)11-17(31)39-22(26)14-8-10-37-12-14/h8,10-12,15,18-22,32,35H,7,9H2,1-6H3/t15-,18-,19+,20+,21-,22+,26-,27-,28-,29+/m1/s1. The molecule has 0 amide bonds. The van der Waals surface area contributed by atoms with Gasteiger partial charge in [-0.15, -0.1) is 0 Å². The van der Waals surface area contributed by atoms with E-state index in [1.54, 1.807) is 26.8 Å². The number of cyclic esters (lactones) is 1. The van der Waals surface area contributed by atoms with Gasteiger partial charge in [0.25, 0.3) is 0 Å². The molecule has 216 valence electrons. The van der Waals surface area contributed by atoms with Crippen molar-refractivity contribution in [2.45, 2.75) is 77.2 Å². The fourth-order valence-corrected chi connectivity index (χ4v) is 9.53. The summed E-state index contributed by atoms with van der Waals surface area (Å²) in [6, 6.07) is 1.70. The number of aliphatic hydroxyl groups excluding tert-OH is 1. The number of esters is 3. The van der Waals surface area contributed by atoms with E-state index in [0.717, 1.165) is 14.0 Å². The van der Waals surface area contributed by atoms with Gasteiger partial charge in [0.15, 0.2) is 5.78 Å². The summed E-state index contributed by atoms with van der Waals surface area (Å²) in [5.74, 6) is -8.38. The molecule has 2 aliphatic carbocycles. The molecule has 3 aliphatic heterocycles. The number of furan rings is 1. The Balaban J connectivity index is 1.61. The highest BCUT2D eigenvalue weighted by Crippen LogP contribution is 2.77. The van der Waals surface area contributed by atoms with Crippen LogP contribution in [-0.2, 0) is 38.1 Å². The van der Waals surface area contributed by atoms with E-state index in [1.807, 2.05) is 6.92 Å². The molecule has 3 bridgehead atoms. The number of Topliss-reactive ketones (excluding diaryl/α,β-unsaturated/α-hetero) is 1. The average Bonchev–Trinajstić information content (AvgIpc) is 3.46. The minimum absolute atomic E-state index is 0.308. The molecular weight excluding hydrogens is 524 g/mol. The number of hydrogen-bond acceptors (Lipinski definition) is 11. The van der Waals surface area contributed by atoms with Crippen molar-refractivity contribution in [3.05, 3.63) is 35.8 Å². The second-order valence-corrected chi connectivity index (χ2v) is 12.9. The zero-order valence-electron chi connectivity index (χ0n) is 23.3. The molecule has 6 rings (SSSR count). The van der Waals surface area contributed by atoms with Crippen LogP contribution in [0.2, 0.25) is 0 Å². The van der Waals surface area contributed by atoms with Crippen LogP contribution in [-0.4, -0.2) is 64.6 Å². The fourth-order valence-electron chi connectivity index (χ4n) is 9.53. The van der Waals surface area contributed by atoms with Gasteiger partial charge in [-0.3, -0.25) is 9.59 Å². The van der Waals surface area contributed by atoms with E-state index in [-0.39, 0.29) is 0 Å². The van der Waals surface area contributed by atoms with Crippen LogP contribution in [0.3, 0.4) is 0 Å². The first kappa shape index (κ1) is 27.2. The maximum atomic E-state index is 14.3. The van der Waals surface area contributed by atoms with Crippen molar-refractivity contribution in [2.75, 3.05) is 7.11 Å². The minimum atomic E-state index is -2.42. The van der Waals surface area contributed by atoms with Crippen molar-refractivity contribution in [1.82, 2.24) is 0 Å². The molecule has 11 heteroatoms. The molecule has 0 aromatic carbocycles. The fraction of sp³-hybridized carbons (Fsp3) is 0.655. The molecule has 0 unspecified atom stereocenters. The molecule has 4 heterocycles. The van der Waals surface area contributed by atoms with Gasteiger partial charge < -0.3 is 33.6 Å². The molecule has 2 N–H and O–H groups in total. The molecule has 11 nitrogen and oxygen atoms in total. The van der Waals surface area contributed by atoms with E-state index in [0.29, 0.717) is 24.0 Å². The Morgan fingerprint density at radius 3 is 2.48 bits per heavy atom. The third-order valence-electron chi connectivity index (χ3n) is 10.7. The molecule has 2 saturated carbocycles. The van der Waals surface area contributed by atoms with Gasteiger partial charge in [0.2, 0.25) is 11.9 Å². The Hall–Kier alpha value is -3.02. The lowest BCUT2D eigenvalue weighted by Crippen LogP contribution is -2.75. The van der Waals surface area contributed by atoms with Crippen LogP contribution < -0.4 is 0 Å². The zero-order valence-corrected chi connectivity index (χ0v) is 23.3. The lowest BCUT2D eigenvalue weighted by Gasteiger charge is -2.65. The first-order chi connectivity index (χ1) is 18.6. The molecule has 1 spiro atoms. The number of carbonyl (C=O) groups excluding carboxylic acids is 4. The summed E-state index contributed by atoms with van der Waals surface area (Å²) in [6.07, 6.45) is 1.29. The number of rotatable bonds is 4. The quantitative estimate of drug-likeness (QED) is 0.411. The van der Waals surface area contributed by atoms with Crippen LogP contribution in [0.1, 0.15) is 59.1 Å². The number of methoxy groups -OCH3 is 1. The van der Waals surface area contributed by atoms with Gasteiger partial charge in [-0.25, -0.2) is 9.59 Å². The minimum Gasteiger partial charge on any atom is -0.472 e. The second kappa shape index (κ2) is 8.04. The smallest absolute Gasteiger partial charge is 0.347 e. The van der Waals surface area contributed by atoms with Gasteiger partial charge >= 0.3 is 17.9 Å². The largest absolute Gasteiger partial charge is 0.472 e. The lowest BCUT2D eigenvalue weighted by atomic mass is 9.43. The normalized spacial score (nSPS) is 45.1. The summed E-state index contributed by atoms with van der Waals surface area (Å²) in [7, 11) is 1.16. The van der Waals surface area contributed by atoms with Crippen LogP contribution in [0.15, 0.2) is 34.7 Å². The molecule has 5 aliphatic rings. The van der Waals surface area contributed by atoms with Crippen LogP contribution >= 0.6 is 0 Å². The summed E-state index contributed by atoms with van der Waals surface area (Å²) in [5.41, 5.74) is -4.23. The molecule has 4 fully saturated rings. The Kier molecular flexibility index (Phi) is 5.46. The van der Waals surface area contributed by atoms with E-state index in [9.17, 15) is 29.4 Å². The average molecular weight is 559 g/mol. The van der Waals surface area contributed by atoms with Crippen molar-refractivity contribution in [3.8, 4) is 0 Å². The molecule has 40 heavy (non-hydrogen) atoms. The number of hydrogen-bond donors (Lipinski definition) is 2. The number of ether oxygens (including phenoxy) is 4. The summed E-state index contributed by atoms with van der Waals surface area (Å²) in [6.45, 7) is 8.14.